The Morgan fingerprint density at radius 3 is 2.62 bits per heavy atom. The lowest BCUT2D eigenvalue weighted by Gasteiger charge is -2.09. The molecule has 0 unspecified atom stereocenters. The fourth-order valence-corrected chi connectivity index (χ4v) is 1.66. The second-order valence-electron chi connectivity index (χ2n) is 2.72. The van der Waals surface area contributed by atoms with Crippen molar-refractivity contribution >= 4 is 27.7 Å². The van der Waals surface area contributed by atoms with Gasteiger partial charge in [0.05, 0.1) is 11.1 Å². The number of ether oxygens (including phenoxy) is 1. The van der Waals surface area contributed by atoms with Crippen LogP contribution in [0.3, 0.4) is 0 Å². The maximum atomic E-state index is 12.8. The smallest absolute Gasteiger partial charge is 0.441 e. The van der Waals surface area contributed by atoms with Crippen molar-refractivity contribution in [3.63, 3.8) is 0 Å². The Labute approximate surface area is 102 Å². The minimum absolute atomic E-state index is 0.133. The van der Waals surface area contributed by atoms with Crippen LogP contribution in [0.1, 0.15) is 0 Å². The van der Waals surface area contributed by atoms with Gasteiger partial charge in [0, 0.05) is 11.8 Å². The van der Waals surface area contributed by atoms with E-state index in [0.29, 0.717) is 4.47 Å². The maximum absolute atomic E-state index is 12.8. The van der Waals surface area contributed by atoms with Crippen LogP contribution in [0.2, 0.25) is 0 Å². The first-order chi connectivity index (χ1) is 7.38. The lowest BCUT2D eigenvalue weighted by molar-refractivity contribution is -0.0329. The highest BCUT2D eigenvalue weighted by atomic mass is 79.9. The molecule has 0 heterocycles. The fraction of sp³-hybridized carbons (Fsp3) is 0.333. The quantitative estimate of drug-likeness (QED) is 0.607. The molecule has 0 spiro atoms. The molecule has 0 bridgehead atoms. The third-order valence-electron chi connectivity index (χ3n) is 1.50. The van der Waals surface area contributed by atoms with Crippen LogP contribution >= 0.6 is 27.7 Å². The second-order valence-corrected chi connectivity index (χ2v) is 4.73. The summed E-state index contributed by atoms with van der Waals surface area (Å²) in [6.07, 6.45) is 0. The van der Waals surface area contributed by atoms with Crippen molar-refractivity contribution in [1.29, 1.82) is 0 Å². The second kappa shape index (κ2) is 5.77. The molecule has 0 aromatic heterocycles. The molecule has 1 rings (SSSR count). The van der Waals surface area contributed by atoms with Gasteiger partial charge in [-0.25, -0.2) is 4.39 Å². The molecular formula is C9H7BrF4OS. The van der Waals surface area contributed by atoms with Crippen molar-refractivity contribution in [3.8, 4) is 5.75 Å². The van der Waals surface area contributed by atoms with Gasteiger partial charge in [0.2, 0.25) is 0 Å². The van der Waals surface area contributed by atoms with Crippen molar-refractivity contribution in [1.82, 2.24) is 0 Å². The summed E-state index contributed by atoms with van der Waals surface area (Å²) in [5, 5.41) is 0. The summed E-state index contributed by atoms with van der Waals surface area (Å²) >= 11 is 2.93. The summed E-state index contributed by atoms with van der Waals surface area (Å²) in [4.78, 5) is 0. The number of benzene rings is 1. The molecule has 90 valence electrons. The third kappa shape index (κ3) is 5.07. The molecule has 0 N–H and O–H groups in total. The molecule has 0 atom stereocenters. The van der Waals surface area contributed by atoms with Crippen LogP contribution in [0.15, 0.2) is 22.7 Å². The maximum Gasteiger partial charge on any atom is 0.441 e. The van der Waals surface area contributed by atoms with Crippen LogP contribution in [-0.2, 0) is 0 Å². The van der Waals surface area contributed by atoms with Crippen LogP contribution in [0, 0.1) is 5.82 Å². The van der Waals surface area contributed by atoms with Crippen molar-refractivity contribution in [2.45, 2.75) is 5.51 Å². The SMILES string of the molecule is Fc1ccc(Br)c(OCCSC(F)(F)F)c1. The van der Waals surface area contributed by atoms with Gasteiger partial charge in [0.25, 0.3) is 0 Å². The monoisotopic (exact) mass is 318 g/mol. The lowest BCUT2D eigenvalue weighted by Crippen LogP contribution is -2.07. The third-order valence-corrected chi connectivity index (χ3v) is 2.85. The first kappa shape index (κ1) is 13.6. The van der Waals surface area contributed by atoms with Gasteiger partial charge >= 0.3 is 5.51 Å². The van der Waals surface area contributed by atoms with Crippen LogP contribution < -0.4 is 4.74 Å². The van der Waals surface area contributed by atoms with Gasteiger partial charge in [-0.1, -0.05) is 0 Å². The molecule has 0 aliphatic carbocycles. The molecular weight excluding hydrogens is 312 g/mol. The van der Waals surface area contributed by atoms with E-state index >= 15 is 0 Å². The molecule has 1 aromatic carbocycles. The number of hydrogen-bond acceptors (Lipinski definition) is 2. The number of rotatable bonds is 4. The van der Waals surface area contributed by atoms with E-state index in [9.17, 15) is 17.6 Å². The molecule has 0 radical (unpaired) electrons. The Balaban J connectivity index is 2.40. The molecule has 0 aliphatic heterocycles. The van der Waals surface area contributed by atoms with E-state index in [4.69, 9.17) is 4.74 Å². The van der Waals surface area contributed by atoms with Gasteiger partial charge < -0.3 is 4.74 Å². The van der Waals surface area contributed by atoms with Crippen LogP contribution in [0.4, 0.5) is 17.6 Å². The van der Waals surface area contributed by atoms with Crippen molar-refractivity contribution in [3.05, 3.63) is 28.5 Å². The number of thioether (sulfide) groups is 1. The van der Waals surface area contributed by atoms with Gasteiger partial charge in [-0.3, -0.25) is 0 Å². The normalized spacial score (nSPS) is 11.6. The lowest BCUT2D eigenvalue weighted by atomic mass is 10.3. The summed E-state index contributed by atoms with van der Waals surface area (Å²) in [6.45, 7) is -0.133. The molecule has 0 fully saturated rings. The van der Waals surface area contributed by atoms with E-state index in [1.807, 2.05) is 0 Å². The van der Waals surface area contributed by atoms with Gasteiger partial charge in [0.1, 0.15) is 11.6 Å². The Bertz CT molecular complexity index is 356. The van der Waals surface area contributed by atoms with Gasteiger partial charge in [-0.15, -0.1) is 0 Å². The molecule has 0 saturated carbocycles. The Morgan fingerprint density at radius 2 is 2.00 bits per heavy atom. The largest absolute Gasteiger partial charge is 0.491 e. The average Bonchev–Trinajstić information content (AvgIpc) is 2.16. The zero-order valence-corrected chi connectivity index (χ0v) is 10.3. The first-order valence-corrected chi connectivity index (χ1v) is 5.95. The van der Waals surface area contributed by atoms with Crippen LogP contribution in [0.25, 0.3) is 0 Å². The number of alkyl halides is 3. The average molecular weight is 319 g/mol. The highest BCUT2D eigenvalue weighted by Gasteiger charge is 2.27. The zero-order chi connectivity index (χ0) is 12.2. The molecule has 1 nitrogen and oxygen atoms in total. The number of hydrogen-bond donors (Lipinski definition) is 0. The summed E-state index contributed by atoms with van der Waals surface area (Å²) in [5.41, 5.74) is -4.26. The summed E-state index contributed by atoms with van der Waals surface area (Å²) in [6, 6.07) is 3.77. The molecule has 16 heavy (non-hydrogen) atoms. The summed E-state index contributed by atoms with van der Waals surface area (Å²) < 4.78 is 53.6. The minimum atomic E-state index is -4.26. The van der Waals surface area contributed by atoms with Crippen molar-refractivity contribution < 1.29 is 22.3 Å². The highest BCUT2D eigenvalue weighted by Crippen LogP contribution is 2.30. The molecule has 0 amide bonds. The van der Waals surface area contributed by atoms with Crippen LogP contribution in [0.5, 0.6) is 5.75 Å². The Kier molecular flexibility index (Phi) is 4.91. The van der Waals surface area contributed by atoms with Crippen molar-refractivity contribution in [2.75, 3.05) is 12.4 Å². The van der Waals surface area contributed by atoms with E-state index in [2.05, 4.69) is 15.9 Å². The number of halogens is 5. The Hall–Kier alpha value is -0.430. The minimum Gasteiger partial charge on any atom is -0.491 e. The van der Waals surface area contributed by atoms with Crippen LogP contribution in [-0.4, -0.2) is 17.9 Å². The zero-order valence-electron chi connectivity index (χ0n) is 7.85. The van der Waals surface area contributed by atoms with Crippen molar-refractivity contribution in [2.24, 2.45) is 0 Å². The molecule has 1 aromatic rings. The van der Waals surface area contributed by atoms with E-state index in [1.165, 1.54) is 12.1 Å². The van der Waals surface area contributed by atoms with E-state index in [1.54, 1.807) is 0 Å². The fourth-order valence-electron chi connectivity index (χ4n) is 0.897. The molecule has 0 saturated heterocycles. The first-order valence-electron chi connectivity index (χ1n) is 4.17. The predicted molar refractivity (Wildman–Crippen MR) is 58.1 cm³/mol. The summed E-state index contributed by atoms with van der Waals surface area (Å²) in [7, 11) is 0. The summed E-state index contributed by atoms with van der Waals surface area (Å²) in [5.74, 6) is -0.531. The molecule has 0 aliphatic rings. The topological polar surface area (TPSA) is 9.23 Å². The predicted octanol–water partition coefficient (Wildman–Crippen LogP) is 4.22. The van der Waals surface area contributed by atoms with Gasteiger partial charge in [0.15, 0.2) is 0 Å². The van der Waals surface area contributed by atoms with E-state index < -0.39 is 11.3 Å². The van der Waals surface area contributed by atoms with Gasteiger partial charge in [-0.2, -0.15) is 13.2 Å². The van der Waals surface area contributed by atoms with Gasteiger partial charge in [-0.05, 0) is 39.8 Å². The molecule has 7 heteroatoms. The van der Waals surface area contributed by atoms with E-state index in [-0.39, 0.29) is 29.9 Å². The standard InChI is InChI=1S/C9H7BrF4OS/c10-7-2-1-6(11)5-8(7)15-3-4-16-9(12,13)14/h1-2,5H,3-4H2. The Morgan fingerprint density at radius 1 is 1.31 bits per heavy atom. The highest BCUT2D eigenvalue weighted by molar-refractivity contribution is 9.10. The van der Waals surface area contributed by atoms with E-state index in [0.717, 1.165) is 6.07 Å².